The van der Waals surface area contributed by atoms with Crippen LogP contribution in [0.15, 0.2) is 36.4 Å². The third kappa shape index (κ3) is 5.00. The highest BCUT2D eigenvalue weighted by molar-refractivity contribution is 6.42. The molecule has 138 valence electrons. The van der Waals surface area contributed by atoms with E-state index in [2.05, 4.69) is 16.3 Å². The predicted molar refractivity (Wildman–Crippen MR) is 109 cm³/mol. The standard InChI is InChI=1S/C21H24Cl2N2O/c1-14-9-15(2)11-18(10-14)24-21(26)17-5-7-25(8-6-17)13-16-3-4-19(22)20(23)12-16/h3-4,9-12,17H,5-8,13H2,1-2H3,(H,24,26). The van der Waals surface area contributed by atoms with Crippen LogP contribution in [0.1, 0.15) is 29.5 Å². The first-order valence-electron chi connectivity index (χ1n) is 8.96. The van der Waals surface area contributed by atoms with E-state index in [1.54, 1.807) is 0 Å². The molecule has 3 rings (SSSR count). The summed E-state index contributed by atoms with van der Waals surface area (Å²) in [6.45, 7) is 6.74. The normalized spacial score (nSPS) is 15.8. The van der Waals surface area contributed by atoms with Crippen molar-refractivity contribution in [2.45, 2.75) is 33.2 Å². The Morgan fingerprint density at radius 1 is 1.04 bits per heavy atom. The number of anilines is 1. The molecule has 1 aliphatic heterocycles. The van der Waals surface area contributed by atoms with E-state index in [0.717, 1.165) is 54.9 Å². The van der Waals surface area contributed by atoms with E-state index < -0.39 is 0 Å². The fourth-order valence-corrected chi connectivity index (χ4v) is 3.86. The minimum atomic E-state index is 0.0703. The van der Waals surface area contributed by atoms with Gasteiger partial charge in [-0.05, 0) is 80.7 Å². The van der Waals surface area contributed by atoms with Crippen molar-refractivity contribution in [3.63, 3.8) is 0 Å². The van der Waals surface area contributed by atoms with Gasteiger partial charge in [0, 0.05) is 18.2 Å². The molecule has 1 aliphatic rings. The summed E-state index contributed by atoms with van der Waals surface area (Å²) in [6, 6.07) is 11.9. The van der Waals surface area contributed by atoms with Crippen LogP contribution in [0.4, 0.5) is 5.69 Å². The van der Waals surface area contributed by atoms with Crippen LogP contribution in [0.5, 0.6) is 0 Å². The third-order valence-corrected chi connectivity index (χ3v) is 5.58. The molecule has 0 radical (unpaired) electrons. The van der Waals surface area contributed by atoms with Crippen LogP contribution in [0.2, 0.25) is 10.0 Å². The molecule has 0 unspecified atom stereocenters. The zero-order valence-corrected chi connectivity index (χ0v) is 16.7. The Morgan fingerprint density at radius 2 is 1.69 bits per heavy atom. The van der Waals surface area contributed by atoms with Gasteiger partial charge in [-0.1, -0.05) is 35.3 Å². The number of rotatable bonds is 4. The molecule has 3 nitrogen and oxygen atoms in total. The van der Waals surface area contributed by atoms with Gasteiger partial charge in [-0.15, -0.1) is 0 Å². The maximum atomic E-state index is 12.6. The first-order chi connectivity index (χ1) is 12.4. The molecule has 0 aliphatic carbocycles. The van der Waals surface area contributed by atoms with Gasteiger partial charge in [-0.2, -0.15) is 0 Å². The molecule has 2 aromatic rings. The number of likely N-dealkylation sites (tertiary alicyclic amines) is 1. The molecular formula is C21H24Cl2N2O. The van der Waals surface area contributed by atoms with Crippen LogP contribution < -0.4 is 5.32 Å². The Balaban J connectivity index is 1.52. The maximum absolute atomic E-state index is 12.6. The van der Waals surface area contributed by atoms with Crippen molar-refractivity contribution in [1.29, 1.82) is 0 Å². The van der Waals surface area contributed by atoms with E-state index >= 15 is 0 Å². The zero-order valence-electron chi connectivity index (χ0n) is 15.2. The van der Waals surface area contributed by atoms with Gasteiger partial charge in [0.1, 0.15) is 0 Å². The van der Waals surface area contributed by atoms with E-state index in [1.807, 2.05) is 44.2 Å². The number of nitrogens with zero attached hydrogens (tertiary/aromatic N) is 1. The number of aryl methyl sites for hydroxylation is 2. The number of piperidine rings is 1. The van der Waals surface area contributed by atoms with Crippen LogP contribution in [0.25, 0.3) is 0 Å². The van der Waals surface area contributed by atoms with Crippen molar-refractivity contribution < 1.29 is 4.79 Å². The summed E-state index contributed by atoms with van der Waals surface area (Å²) in [7, 11) is 0. The van der Waals surface area contributed by atoms with Gasteiger partial charge in [0.05, 0.1) is 10.0 Å². The number of halogens is 2. The average Bonchev–Trinajstić information content (AvgIpc) is 2.58. The van der Waals surface area contributed by atoms with Crippen LogP contribution in [-0.4, -0.2) is 23.9 Å². The SMILES string of the molecule is Cc1cc(C)cc(NC(=O)C2CCN(Cc3ccc(Cl)c(Cl)c3)CC2)c1. The number of benzene rings is 2. The number of carbonyl (C=O) groups is 1. The van der Waals surface area contributed by atoms with Gasteiger partial charge in [0.15, 0.2) is 0 Å². The third-order valence-electron chi connectivity index (χ3n) is 4.84. The van der Waals surface area contributed by atoms with E-state index in [0.29, 0.717) is 10.0 Å². The van der Waals surface area contributed by atoms with Crippen molar-refractivity contribution >= 4 is 34.8 Å². The highest BCUT2D eigenvalue weighted by Crippen LogP contribution is 2.25. The second-order valence-electron chi connectivity index (χ2n) is 7.16. The lowest BCUT2D eigenvalue weighted by Crippen LogP contribution is -2.37. The molecule has 2 aromatic carbocycles. The highest BCUT2D eigenvalue weighted by atomic mass is 35.5. The van der Waals surface area contributed by atoms with Crippen molar-refractivity contribution in [2.24, 2.45) is 5.92 Å². The predicted octanol–water partition coefficient (Wildman–Crippen LogP) is 5.46. The summed E-state index contributed by atoms with van der Waals surface area (Å²) in [6.07, 6.45) is 1.75. The largest absolute Gasteiger partial charge is 0.326 e. The second kappa shape index (κ2) is 8.43. The van der Waals surface area contributed by atoms with Crippen molar-refractivity contribution in [3.8, 4) is 0 Å². The van der Waals surface area contributed by atoms with Crippen LogP contribution in [0, 0.1) is 19.8 Å². The molecule has 5 heteroatoms. The first kappa shape index (κ1) is 19.2. The minimum Gasteiger partial charge on any atom is -0.326 e. The molecule has 1 amide bonds. The monoisotopic (exact) mass is 390 g/mol. The Kier molecular flexibility index (Phi) is 6.23. The zero-order chi connectivity index (χ0) is 18.7. The van der Waals surface area contributed by atoms with Crippen molar-refractivity contribution in [2.75, 3.05) is 18.4 Å². The van der Waals surface area contributed by atoms with Crippen molar-refractivity contribution in [1.82, 2.24) is 4.90 Å². The highest BCUT2D eigenvalue weighted by Gasteiger charge is 2.25. The number of hydrogen-bond donors (Lipinski definition) is 1. The van der Waals surface area contributed by atoms with Gasteiger partial charge in [-0.25, -0.2) is 0 Å². The summed E-state index contributed by atoms with van der Waals surface area (Å²) in [4.78, 5) is 14.9. The maximum Gasteiger partial charge on any atom is 0.227 e. The smallest absolute Gasteiger partial charge is 0.227 e. The summed E-state index contributed by atoms with van der Waals surface area (Å²) in [5.41, 5.74) is 4.37. The minimum absolute atomic E-state index is 0.0703. The molecule has 0 spiro atoms. The fraction of sp³-hybridized carbons (Fsp3) is 0.381. The van der Waals surface area contributed by atoms with Crippen LogP contribution >= 0.6 is 23.2 Å². The molecule has 1 saturated heterocycles. The van der Waals surface area contributed by atoms with E-state index in [9.17, 15) is 4.79 Å². The van der Waals surface area contributed by atoms with E-state index in [-0.39, 0.29) is 11.8 Å². The molecule has 26 heavy (non-hydrogen) atoms. The average molecular weight is 391 g/mol. The van der Waals surface area contributed by atoms with Gasteiger partial charge in [-0.3, -0.25) is 9.69 Å². The van der Waals surface area contributed by atoms with Crippen molar-refractivity contribution in [3.05, 3.63) is 63.1 Å². The topological polar surface area (TPSA) is 32.3 Å². The van der Waals surface area contributed by atoms with E-state index in [4.69, 9.17) is 23.2 Å². The summed E-state index contributed by atoms with van der Waals surface area (Å²) in [5, 5.41) is 4.25. The summed E-state index contributed by atoms with van der Waals surface area (Å²) >= 11 is 12.1. The van der Waals surface area contributed by atoms with Crippen LogP contribution in [0.3, 0.4) is 0 Å². The molecule has 0 atom stereocenters. The molecule has 0 saturated carbocycles. The number of hydrogen-bond acceptors (Lipinski definition) is 2. The van der Waals surface area contributed by atoms with Gasteiger partial charge in [0.2, 0.25) is 5.91 Å². The van der Waals surface area contributed by atoms with Gasteiger partial charge in [0.25, 0.3) is 0 Å². The first-order valence-corrected chi connectivity index (χ1v) is 9.72. The molecule has 0 aromatic heterocycles. The Bertz CT molecular complexity index is 778. The molecule has 1 heterocycles. The quantitative estimate of drug-likeness (QED) is 0.751. The molecular weight excluding hydrogens is 367 g/mol. The number of carbonyl (C=O) groups excluding carboxylic acids is 1. The Labute approximate surface area is 165 Å². The van der Waals surface area contributed by atoms with Gasteiger partial charge < -0.3 is 5.32 Å². The summed E-state index contributed by atoms with van der Waals surface area (Å²) in [5.74, 6) is 0.199. The fourth-order valence-electron chi connectivity index (χ4n) is 3.54. The van der Waals surface area contributed by atoms with E-state index in [1.165, 1.54) is 0 Å². The molecule has 0 bridgehead atoms. The van der Waals surface area contributed by atoms with Gasteiger partial charge >= 0.3 is 0 Å². The Hall–Kier alpha value is -1.55. The summed E-state index contributed by atoms with van der Waals surface area (Å²) < 4.78 is 0. The molecule has 1 fully saturated rings. The Morgan fingerprint density at radius 3 is 2.31 bits per heavy atom. The van der Waals surface area contributed by atoms with Crippen LogP contribution in [-0.2, 0) is 11.3 Å². The number of nitrogens with one attached hydrogen (secondary N) is 1. The second-order valence-corrected chi connectivity index (χ2v) is 7.98. The lowest BCUT2D eigenvalue weighted by atomic mass is 9.95. The lowest BCUT2D eigenvalue weighted by Gasteiger charge is -2.31. The lowest BCUT2D eigenvalue weighted by molar-refractivity contribution is -0.121. The molecule has 1 N–H and O–H groups in total. The number of amides is 1.